The molecule has 0 bridgehead atoms. The van der Waals surface area contributed by atoms with Crippen molar-refractivity contribution in [2.45, 2.75) is 6.04 Å². The summed E-state index contributed by atoms with van der Waals surface area (Å²) in [5, 5.41) is 6.19. The van der Waals surface area contributed by atoms with Crippen LogP contribution < -0.4 is 15.4 Å². The van der Waals surface area contributed by atoms with Gasteiger partial charge in [0.15, 0.2) is 5.75 Å². The topological polar surface area (TPSA) is 50.4 Å². The lowest BCUT2D eigenvalue weighted by molar-refractivity contribution is 0.190. The summed E-state index contributed by atoms with van der Waals surface area (Å²) in [7, 11) is 0. The molecule has 0 saturated carbocycles. The molecule has 0 atom stereocenters. The minimum absolute atomic E-state index is 0.167. The second kappa shape index (κ2) is 4.51. The van der Waals surface area contributed by atoms with E-state index >= 15 is 0 Å². The van der Waals surface area contributed by atoms with E-state index in [0.29, 0.717) is 10.8 Å². The van der Waals surface area contributed by atoms with Crippen molar-refractivity contribution in [2.75, 3.05) is 13.1 Å². The first-order valence-corrected chi connectivity index (χ1v) is 5.07. The molecule has 5 heteroatoms. The molecule has 4 nitrogen and oxygen atoms in total. The van der Waals surface area contributed by atoms with Crippen LogP contribution in [-0.4, -0.2) is 25.2 Å². The molecule has 0 radical (unpaired) electrons. The Labute approximate surface area is 92.6 Å². The first kappa shape index (κ1) is 10.3. The molecule has 15 heavy (non-hydrogen) atoms. The lowest BCUT2D eigenvalue weighted by Gasteiger charge is -2.27. The minimum atomic E-state index is -0.463. The number of carbonyl (C=O) groups excluding carboxylic acids is 1. The average molecular weight is 227 g/mol. The maximum atomic E-state index is 11.3. The molecule has 1 aliphatic heterocycles. The molecular formula is C10H11ClN2O2. The van der Waals surface area contributed by atoms with Crippen molar-refractivity contribution in [2.24, 2.45) is 0 Å². The number of halogens is 1. The number of ether oxygens (including phenoxy) is 1. The molecule has 1 aliphatic rings. The third kappa shape index (κ3) is 2.61. The zero-order valence-electron chi connectivity index (χ0n) is 8.00. The SMILES string of the molecule is O=C(NC1CNC1)Oc1ccccc1Cl. The maximum Gasteiger partial charge on any atom is 0.412 e. The van der Waals surface area contributed by atoms with Crippen LogP contribution in [-0.2, 0) is 0 Å². The van der Waals surface area contributed by atoms with Gasteiger partial charge in [0.1, 0.15) is 0 Å². The van der Waals surface area contributed by atoms with E-state index in [1.54, 1.807) is 24.3 Å². The predicted octanol–water partition coefficient (Wildman–Crippen LogP) is 1.40. The van der Waals surface area contributed by atoms with E-state index in [2.05, 4.69) is 10.6 Å². The maximum absolute atomic E-state index is 11.3. The Balaban J connectivity index is 1.90. The highest BCUT2D eigenvalue weighted by molar-refractivity contribution is 6.32. The van der Waals surface area contributed by atoms with E-state index < -0.39 is 6.09 Å². The summed E-state index contributed by atoms with van der Waals surface area (Å²) < 4.78 is 5.04. The normalized spacial score (nSPS) is 15.5. The van der Waals surface area contributed by atoms with E-state index in [0.717, 1.165) is 13.1 Å². The van der Waals surface area contributed by atoms with E-state index in [9.17, 15) is 4.79 Å². The Bertz CT molecular complexity index is 366. The van der Waals surface area contributed by atoms with Crippen molar-refractivity contribution < 1.29 is 9.53 Å². The standard InChI is InChI=1S/C10H11ClN2O2/c11-8-3-1-2-4-9(8)15-10(14)13-7-5-12-6-7/h1-4,7,12H,5-6H2,(H,13,14). The summed E-state index contributed by atoms with van der Waals surface area (Å²) in [6.45, 7) is 1.58. The molecule has 0 unspecified atom stereocenters. The van der Waals surface area contributed by atoms with E-state index in [4.69, 9.17) is 16.3 Å². The molecule has 1 fully saturated rings. The molecule has 0 aromatic heterocycles. The van der Waals surface area contributed by atoms with Crippen molar-refractivity contribution in [1.29, 1.82) is 0 Å². The van der Waals surface area contributed by atoms with Crippen LogP contribution in [0, 0.1) is 0 Å². The lowest BCUT2D eigenvalue weighted by atomic mass is 10.2. The van der Waals surface area contributed by atoms with Crippen LogP contribution in [0.2, 0.25) is 5.02 Å². The Morgan fingerprint density at radius 3 is 2.80 bits per heavy atom. The molecule has 1 amide bonds. The number of carbonyl (C=O) groups is 1. The number of benzene rings is 1. The van der Waals surface area contributed by atoms with Gasteiger partial charge in [-0.05, 0) is 12.1 Å². The van der Waals surface area contributed by atoms with Crippen LogP contribution in [0.1, 0.15) is 0 Å². The number of para-hydroxylation sites is 1. The van der Waals surface area contributed by atoms with E-state index in [1.165, 1.54) is 0 Å². The molecule has 1 heterocycles. The number of hydrogen-bond acceptors (Lipinski definition) is 3. The van der Waals surface area contributed by atoms with Crippen molar-refractivity contribution >= 4 is 17.7 Å². The largest absolute Gasteiger partial charge is 0.412 e. The van der Waals surface area contributed by atoms with Crippen molar-refractivity contribution in [1.82, 2.24) is 10.6 Å². The van der Waals surface area contributed by atoms with Crippen molar-refractivity contribution in [3.63, 3.8) is 0 Å². The number of hydrogen-bond donors (Lipinski definition) is 2. The third-order valence-electron chi connectivity index (χ3n) is 2.14. The monoisotopic (exact) mass is 226 g/mol. The molecule has 1 saturated heterocycles. The van der Waals surface area contributed by atoms with Gasteiger partial charge in [-0.1, -0.05) is 23.7 Å². The average Bonchev–Trinajstić information content (AvgIpc) is 2.16. The Morgan fingerprint density at radius 2 is 2.20 bits per heavy atom. The van der Waals surface area contributed by atoms with Crippen LogP contribution in [0.5, 0.6) is 5.75 Å². The highest BCUT2D eigenvalue weighted by Gasteiger charge is 2.19. The fourth-order valence-corrected chi connectivity index (χ4v) is 1.39. The van der Waals surface area contributed by atoms with Gasteiger partial charge in [0.05, 0.1) is 11.1 Å². The highest BCUT2D eigenvalue weighted by atomic mass is 35.5. The number of nitrogens with one attached hydrogen (secondary N) is 2. The van der Waals surface area contributed by atoms with Gasteiger partial charge in [-0.25, -0.2) is 4.79 Å². The Morgan fingerprint density at radius 1 is 1.47 bits per heavy atom. The fraction of sp³-hybridized carbons (Fsp3) is 0.300. The molecule has 0 spiro atoms. The Hall–Kier alpha value is -1.26. The van der Waals surface area contributed by atoms with Crippen LogP contribution >= 0.6 is 11.6 Å². The summed E-state index contributed by atoms with van der Waals surface area (Å²) in [4.78, 5) is 11.3. The molecule has 2 N–H and O–H groups in total. The van der Waals surface area contributed by atoms with Gasteiger partial charge in [-0.15, -0.1) is 0 Å². The zero-order valence-corrected chi connectivity index (χ0v) is 8.75. The van der Waals surface area contributed by atoms with E-state index in [1.807, 2.05) is 0 Å². The van der Waals surface area contributed by atoms with Crippen molar-refractivity contribution in [3.8, 4) is 5.75 Å². The first-order valence-electron chi connectivity index (χ1n) is 4.69. The summed E-state index contributed by atoms with van der Waals surface area (Å²) in [6, 6.07) is 7.04. The molecule has 2 rings (SSSR count). The van der Waals surface area contributed by atoms with Gasteiger partial charge >= 0.3 is 6.09 Å². The van der Waals surface area contributed by atoms with Crippen LogP contribution in [0.4, 0.5) is 4.79 Å². The quantitative estimate of drug-likeness (QED) is 0.802. The van der Waals surface area contributed by atoms with Gasteiger partial charge in [-0.3, -0.25) is 0 Å². The molecular weight excluding hydrogens is 216 g/mol. The molecule has 1 aromatic carbocycles. The predicted molar refractivity (Wildman–Crippen MR) is 57.3 cm³/mol. The number of amides is 1. The lowest BCUT2D eigenvalue weighted by Crippen LogP contribution is -2.57. The second-order valence-corrected chi connectivity index (χ2v) is 3.73. The van der Waals surface area contributed by atoms with E-state index in [-0.39, 0.29) is 6.04 Å². The van der Waals surface area contributed by atoms with Gasteiger partial charge in [-0.2, -0.15) is 0 Å². The highest BCUT2D eigenvalue weighted by Crippen LogP contribution is 2.23. The summed E-state index contributed by atoms with van der Waals surface area (Å²) in [6.07, 6.45) is -0.463. The van der Waals surface area contributed by atoms with Crippen molar-refractivity contribution in [3.05, 3.63) is 29.3 Å². The number of rotatable bonds is 2. The zero-order chi connectivity index (χ0) is 10.7. The smallest absolute Gasteiger partial charge is 0.409 e. The fourth-order valence-electron chi connectivity index (χ4n) is 1.21. The molecule has 1 aromatic rings. The first-order chi connectivity index (χ1) is 7.25. The molecule has 0 aliphatic carbocycles. The Kier molecular flexibility index (Phi) is 3.08. The summed E-state index contributed by atoms with van der Waals surface area (Å²) in [5.74, 6) is 0.379. The van der Waals surface area contributed by atoms with Crippen LogP contribution in [0.25, 0.3) is 0 Å². The summed E-state index contributed by atoms with van der Waals surface area (Å²) >= 11 is 5.84. The van der Waals surface area contributed by atoms with Gasteiger partial charge < -0.3 is 15.4 Å². The van der Waals surface area contributed by atoms with Gasteiger partial charge in [0, 0.05) is 13.1 Å². The van der Waals surface area contributed by atoms with Crippen LogP contribution in [0.3, 0.4) is 0 Å². The van der Waals surface area contributed by atoms with Gasteiger partial charge in [0.25, 0.3) is 0 Å². The summed E-state index contributed by atoms with van der Waals surface area (Å²) in [5.41, 5.74) is 0. The van der Waals surface area contributed by atoms with Crippen LogP contribution in [0.15, 0.2) is 24.3 Å². The third-order valence-corrected chi connectivity index (χ3v) is 2.46. The van der Waals surface area contributed by atoms with Gasteiger partial charge in [0.2, 0.25) is 0 Å². The molecule has 80 valence electrons. The minimum Gasteiger partial charge on any atom is -0.409 e. The second-order valence-electron chi connectivity index (χ2n) is 3.32.